The minimum Gasteiger partial charge on any atom is -0.359 e. The first-order chi connectivity index (χ1) is 6.64. The van der Waals surface area contributed by atoms with Crippen LogP contribution in [0.15, 0.2) is 11.4 Å². The van der Waals surface area contributed by atoms with Crippen molar-refractivity contribution in [1.82, 2.24) is 0 Å². The monoisotopic (exact) mass is 230 g/mol. The second-order valence-electron chi connectivity index (χ2n) is 3.71. The van der Waals surface area contributed by atoms with Crippen molar-refractivity contribution in [3.63, 3.8) is 0 Å². The molecule has 2 nitrogen and oxygen atoms in total. The Labute approximate surface area is 91.8 Å². The molecule has 0 spiro atoms. The van der Waals surface area contributed by atoms with Crippen molar-refractivity contribution in [3.05, 3.63) is 21.3 Å². The van der Waals surface area contributed by atoms with E-state index >= 15 is 0 Å². The van der Waals surface area contributed by atoms with Gasteiger partial charge in [-0.3, -0.25) is 0 Å². The first-order valence-electron chi connectivity index (χ1n) is 4.52. The summed E-state index contributed by atoms with van der Waals surface area (Å²) >= 11 is 7.58. The molecule has 0 N–H and O–H groups in total. The zero-order valence-corrected chi connectivity index (χ0v) is 9.40. The largest absolute Gasteiger partial charge is 0.359 e. The molecule has 0 aromatic carbocycles. The molecule has 0 aliphatic carbocycles. The van der Waals surface area contributed by atoms with Gasteiger partial charge >= 0.3 is 0 Å². The lowest BCUT2D eigenvalue weighted by atomic mass is 10.0. The molecule has 0 amide bonds. The number of hydrogen-bond acceptors (Lipinski definition) is 3. The van der Waals surface area contributed by atoms with Gasteiger partial charge in [0.25, 0.3) is 0 Å². The van der Waals surface area contributed by atoms with Gasteiger partial charge in [0.2, 0.25) is 0 Å². The van der Waals surface area contributed by atoms with Gasteiger partial charge in [-0.25, -0.2) is 0 Å². The van der Waals surface area contributed by atoms with Crippen LogP contribution in [0.2, 0.25) is 5.02 Å². The highest BCUT2D eigenvalue weighted by Gasteiger charge is 2.37. The summed E-state index contributed by atoms with van der Waals surface area (Å²) in [5.41, 5.74) is -0.613. The maximum absolute atomic E-state index is 10.8. The molecule has 0 radical (unpaired) electrons. The lowest BCUT2D eigenvalue weighted by molar-refractivity contribution is -0.127. The van der Waals surface area contributed by atoms with Crippen LogP contribution in [0.3, 0.4) is 0 Å². The van der Waals surface area contributed by atoms with E-state index < -0.39 is 5.60 Å². The number of rotatable bonds is 2. The molecule has 2 heterocycles. The Balaban J connectivity index is 2.17. The second-order valence-corrected chi connectivity index (χ2v) is 5.06. The van der Waals surface area contributed by atoms with Crippen LogP contribution in [0, 0.1) is 0 Å². The van der Waals surface area contributed by atoms with E-state index in [2.05, 4.69) is 0 Å². The van der Waals surface area contributed by atoms with Gasteiger partial charge in [-0.05, 0) is 31.2 Å². The minimum atomic E-state index is -0.613. The molecular formula is C10H11ClO2S. The Morgan fingerprint density at radius 2 is 2.57 bits per heavy atom. The molecule has 2 atom stereocenters. The molecule has 4 heteroatoms. The summed E-state index contributed by atoms with van der Waals surface area (Å²) in [6.45, 7) is 1.82. The lowest BCUT2D eigenvalue weighted by Gasteiger charge is -2.17. The van der Waals surface area contributed by atoms with E-state index in [1.165, 1.54) is 0 Å². The number of carbonyl (C=O) groups excluding carboxylic acids is 1. The fourth-order valence-electron chi connectivity index (χ4n) is 1.67. The smallest absolute Gasteiger partial charge is 0.151 e. The van der Waals surface area contributed by atoms with E-state index in [1.54, 1.807) is 11.3 Å². The van der Waals surface area contributed by atoms with Gasteiger partial charge in [0.15, 0.2) is 6.29 Å². The highest BCUT2D eigenvalue weighted by molar-refractivity contribution is 7.10. The van der Waals surface area contributed by atoms with E-state index in [0.717, 1.165) is 29.0 Å². The molecule has 1 saturated heterocycles. The molecule has 14 heavy (non-hydrogen) atoms. The van der Waals surface area contributed by atoms with Crippen LogP contribution in [0.4, 0.5) is 0 Å². The summed E-state index contributed by atoms with van der Waals surface area (Å²) in [7, 11) is 0. The molecule has 0 bridgehead atoms. The molecule has 1 aromatic rings. The van der Waals surface area contributed by atoms with E-state index in [4.69, 9.17) is 16.3 Å². The summed E-state index contributed by atoms with van der Waals surface area (Å²) in [6.07, 6.45) is 2.53. The van der Waals surface area contributed by atoms with Gasteiger partial charge in [0.1, 0.15) is 5.60 Å². The third-order valence-electron chi connectivity index (χ3n) is 2.50. The van der Waals surface area contributed by atoms with E-state index in [9.17, 15) is 4.79 Å². The van der Waals surface area contributed by atoms with Crippen molar-refractivity contribution < 1.29 is 9.53 Å². The summed E-state index contributed by atoms with van der Waals surface area (Å²) < 4.78 is 5.68. The molecule has 2 rings (SSSR count). The number of carbonyl (C=O) groups is 1. The molecule has 2 unspecified atom stereocenters. The molecule has 0 saturated carbocycles. The predicted octanol–water partition coefficient (Wildman–Crippen LogP) is 3.21. The number of thiophene rings is 1. The van der Waals surface area contributed by atoms with E-state index in [-0.39, 0.29) is 6.10 Å². The molecule has 1 aromatic heterocycles. The van der Waals surface area contributed by atoms with Gasteiger partial charge in [0, 0.05) is 0 Å². The van der Waals surface area contributed by atoms with E-state index in [0.29, 0.717) is 0 Å². The molecule has 76 valence electrons. The van der Waals surface area contributed by atoms with Gasteiger partial charge in [0.05, 0.1) is 16.0 Å². The highest BCUT2D eigenvalue weighted by Crippen LogP contribution is 2.42. The minimum absolute atomic E-state index is 0.00213. The van der Waals surface area contributed by atoms with Crippen LogP contribution < -0.4 is 0 Å². The normalized spacial score (nSPS) is 32.0. The second kappa shape index (κ2) is 3.65. The first kappa shape index (κ1) is 10.1. The maximum Gasteiger partial charge on any atom is 0.151 e. The predicted molar refractivity (Wildman–Crippen MR) is 56.9 cm³/mol. The summed E-state index contributed by atoms with van der Waals surface area (Å²) in [5.74, 6) is 0. The van der Waals surface area contributed by atoms with Crippen molar-refractivity contribution in [2.24, 2.45) is 0 Å². The Bertz CT molecular complexity index is 350. The van der Waals surface area contributed by atoms with Crippen molar-refractivity contribution in [2.75, 3.05) is 0 Å². The van der Waals surface area contributed by atoms with Crippen LogP contribution in [-0.4, -0.2) is 11.9 Å². The fourth-order valence-corrected chi connectivity index (χ4v) is 2.91. The van der Waals surface area contributed by atoms with Gasteiger partial charge in [-0.2, -0.15) is 0 Å². The third kappa shape index (κ3) is 1.72. The van der Waals surface area contributed by atoms with Crippen LogP contribution in [0.5, 0.6) is 0 Å². The van der Waals surface area contributed by atoms with Gasteiger partial charge in [-0.1, -0.05) is 11.6 Å². The lowest BCUT2D eigenvalue weighted by Crippen LogP contribution is -2.24. The Morgan fingerprint density at radius 3 is 3.07 bits per heavy atom. The molecule has 1 fully saturated rings. The molecular weight excluding hydrogens is 220 g/mol. The summed E-state index contributed by atoms with van der Waals surface area (Å²) in [4.78, 5) is 11.8. The third-order valence-corrected chi connectivity index (χ3v) is 3.95. The standard InChI is InChI=1S/C10H11ClO2S/c1-10(6-12)4-2-8(13-10)9-7(11)3-5-14-9/h3,5-6,8H,2,4H2,1H3. The fraction of sp³-hybridized carbons (Fsp3) is 0.500. The van der Waals surface area contributed by atoms with Crippen LogP contribution in [-0.2, 0) is 9.53 Å². The number of aldehydes is 1. The molecule has 1 aliphatic rings. The van der Waals surface area contributed by atoms with Crippen LogP contribution >= 0.6 is 22.9 Å². The van der Waals surface area contributed by atoms with Crippen molar-refractivity contribution in [2.45, 2.75) is 31.5 Å². The average Bonchev–Trinajstić information content (AvgIpc) is 2.73. The summed E-state index contributed by atoms with van der Waals surface area (Å²) in [5, 5.41) is 2.69. The Morgan fingerprint density at radius 1 is 1.79 bits per heavy atom. The van der Waals surface area contributed by atoms with Gasteiger partial charge in [-0.15, -0.1) is 11.3 Å². The topological polar surface area (TPSA) is 26.3 Å². The number of hydrogen-bond donors (Lipinski definition) is 0. The SMILES string of the molecule is CC1(C=O)CCC(c2sccc2Cl)O1. The van der Waals surface area contributed by atoms with Crippen molar-refractivity contribution >= 4 is 29.2 Å². The van der Waals surface area contributed by atoms with Crippen LogP contribution in [0.25, 0.3) is 0 Å². The van der Waals surface area contributed by atoms with E-state index in [1.807, 2.05) is 18.4 Å². The van der Waals surface area contributed by atoms with Crippen molar-refractivity contribution in [1.29, 1.82) is 0 Å². The zero-order valence-electron chi connectivity index (χ0n) is 7.83. The number of ether oxygens (including phenoxy) is 1. The average molecular weight is 231 g/mol. The zero-order chi connectivity index (χ0) is 10.2. The highest BCUT2D eigenvalue weighted by atomic mass is 35.5. The quantitative estimate of drug-likeness (QED) is 0.730. The maximum atomic E-state index is 10.8. The first-order valence-corrected chi connectivity index (χ1v) is 5.77. The Kier molecular flexibility index (Phi) is 2.64. The van der Waals surface area contributed by atoms with Gasteiger partial charge < -0.3 is 9.53 Å². The number of halogens is 1. The Hall–Kier alpha value is -0.380. The molecule has 1 aliphatic heterocycles. The summed E-state index contributed by atoms with van der Waals surface area (Å²) in [6, 6.07) is 1.86. The van der Waals surface area contributed by atoms with Crippen LogP contribution in [0.1, 0.15) is 30.7 Å². The van der Waals surface area contributed by atoms with Crippen molar-refractivity contribution in [3.8, 4) is 0 Å².